The second kappa shape index (κ2) is 7.08. The van der Waals surface area contributed by atoms with Gasteiger partial charge in [-0.1, -0.05) is 0 Å². The van der Waals surface area contributed by atoms with Crippen LogP contribution in [0.15, 0.2) is 24.3 Å². The van der Waals surface area contributed by atoms with Crippen molar-refractivity contribution >= 4 is 5.91 Å². The molecule has 0 fully saturated rings. The zero-order chi connectivity index (χ0) is 17.0. The second-order valence-electron chi connectivity index (χ2n) is 4.83. The van der Waals surface area contributed by atoms with Gasteiger partial charge in [-0.25, -0.2) is 0 Å². The quantitative estimate of drug-likeness (QED) is 0.885. The third kappa shape index (κ3) is 4.18. The van der Waals surface area contributed by atoms with Gasteiger partial charge in [0.15, 0.2) is 11.5 Å². The van der Waals surface area contributed by atoms with Gasteiger partial charge in [0.2, 0.25) is 0 Å². The van der Waals surface area contributed by atoms with Gasteiger partial charge >= 0.3 is 6.61 Å². The summed E-state index contributed by atoms with van der Waals surface area (Å²) in [6.07, 6.45) is 0. The minimum Gasteiger partial charge on any atom is -0.493 e. The first-order valence-corrected chi connectivity index (χ1v) is 6.81. The Balaban J connectivity index is 2.08. The molecule has 1 aromatic heterocycles. The molecule has 6 nitrogen and oxygen atoms in total. The molecule has 8 heteroatoms. The summed E-state index contributed by atoms with van der Waals surface area (Å²) in [5.41, 5.74) is 1.98. The van der Waals surface area contributed by atoms with Crippen molar-refractivity contribution < 1.29 is 23.0 Å². The Labute approximate surface area is 132 Å². The Kier molecular flexibility index (Phi) is 5.15. The van der Waals surface area contributed by atoms with Crippen molar-refractivity contribution in [2.75, 3.05) is 7.11 Å². The average molecular weight is 325 g/mol. The molecule has 0 spiro atoms. The minimum atomic E-state index is -2.96. The highest BCUT2D eigenvalue weighted by Crippen LogP contribution is 2.29. The molecular formula is C15H17F2N3O3. The van der Waals surface area contributed by atoms with Crippen molar-refractivity contribution in [1.82, 2.24) is 15.1 Å². The first-order valence-electron chi connectivity index (χ1n) is 6.81. The number of hydrogen-bond acceptors (Lipinski definition) is 4. The zero-order valence-electron chi connectivity index (χ0n) is 13.0. The van der Waals surface area contributed by atoms with Crippen molar-refractivity contribution in [3.05, 3.63) is 41.2 Å². The van der Waals surface area contributed by atoms with Gasteiger partial charge in [-0.3, -0.25) is 9.48 Å². The van der Waals surface area contributed by atoms with Crippen LogP contribution in [0.5, 0.6) is 11.5 Å². The van der Waals surface area contributed by atoms with Gasteiger partial charge in [0.1, 0.15) is 0 Å². The normalized spacial score (nSPS) is 10.7. The molecule has 0 radical (unpaired) electrons. The average Bonchev–Trinajstić information content (AvgIpc) is 2.82. The third-order valence-electron chi connectivity index (χ3n) is 3.17. The van der Waals surface area contributed by atoms with Crippen molar-refractivity contribution in [3.8, 4) is 11.5 Å². The molecule has 1 aromatic carbocycles. The topological polar surface area (TPSA) is 65.4 Å². The second-order valence-corrected chi connectivity index (χ2v) is 4.83. The molecule has 2 aromatic rings. The number of methoxy groups -OCH3 is 1. The van der Waals surface area contributed by atoms with E-state index in [2.05, 4.69) is 15.2 Å². The lowest BCUT2D eigenvalue weighted by molar-refractivity contribution is -0.0512. The fraction of sp³-hybridized carbons (Fsp3) is 0.333. The number of hydrogen-bond donors (Lipinski definition) is 1. The maximum absolute atomic E-state index is 12.3. The van der Waals surface area contributed by atoms with Gasteiger partial charge in [-0.15, -0.1) is 0 Å². The highest BCUT2D eigenvalue weighted by atomic mass is 19.3. The van der Waals surface area contributed by atoms with E-state index < -0.39 is 6.61 Å². The molecule has 1 amide bonds. The number of halogens is 2. The molecule has 124 valence electrons. The summed E-state index contributed by atoms with van der Waals surface area (Å²) in [5, 5.41) is 6.92. The van der Waals surface area contributed by atoms with E-state index in [4.69, 9.17) is 4.74 Å². The summed E-state index contributed by atoms with van der Waals surface area (Å²) < 4.78 is 35.5. The molecule has 0 unspecified atom stereocenters. The van der Waals surface area contributed by atoms with Gasteiger partial charge in [0.05, 0.1) is 25.0 Å². The summed E-state index contributed by atoms with van der Waals surface area (Å²) in [6, 6.07) is 5.88. The van der Waals surface area contributed by atoms with Gasteiger partial charge in [-0.05, 0) is 31.2 Å². The number of aromatic nitrogens is 2. The largest absolute Gasteiger partial charge is 0.493 e. The molecule has 0 saturated carbocycles. The number of nitrogens with one attached hydrogen (secondary N) is 1. The fourth-order valence-corrected chi connectivity index (χ4v) is 2.10. The lowest BCUT2D eigenvalue weighted by atomic mass is 10.2. The van der Waals surface area contributed by atoms with Crippen molar-refractivity contribution in [2.45, 2.75) is 20.1 Å². The molecule has 1 N–H and O–H groups in total. The number of ether oxygens (including phenoxy) is 2. The van der Waals surface area contributed by atoms with E-state index in [1.165, 1.54) is 25.3 Å². The lowest BCUT2D eigenvalue weighted by Crippen LogP contribution is -2.24. The number of carbonyl (C=O) groups is 1. The van der Waals surface area contributed by atoms with Crippen LogP contribution in [0.3, 0.4) is 0 Å². The van der Waals surface area contributed by atoms with Gasteiger partial charge in [-0.2, -0.15) is 13.9 Å². The Morgan fingerprint density at radius 1 is 1.35 bits per heavy atom. The van der Waals surface area contributed by atoms with E-state index in [9.17, 15) is 13.6 Å². The van der Waals surface area contributed by atoms with Crippen molar-refractivity contribution in [3.63, 3.8) is 0 Å². The van der Waals surface area contributed by atoms with E-state index in [-0.39, 0.29) is 23.0 Å². The lowest BCUT2D eigenvalue weighted by Gasteiger charge is -2.11. The van der Waals surface area contributed by atoms with Crippen molar-refractivity contribution in [2.24, 2.45) is 7.05 Å². The van der Waals surface area contributed by atoms with Crippen LogP contribution >= 0.6 is 0 Å². The predicted molar refractivity (Wildman–Crippen MR) is 78.7 cm³/mol. The number of alkyl halides is 2. The molecule has 1 heterocycles. The number of nitrogens with zero attached hydrogens (tertiary/aromatic N) is 2. The van der Waals surface area contributed by atoms with E-state index in [1.54, 1.807) is 11.7 Å². The Bertz CT molecular complexity index is 701. The predicted octanol–water partition coefficient (Wildman–Crippen LogP) is 2.27. The van der Waals surface area contributed by atoms with E-state index in [0.29, 0.717) is 6.54 Å². The van der Waals surface area contributed by atoms with E-state index in [1.807, 2.05) is 13.0 Å². The summed E-state index contributed by atoms with van der Waals surface area (Å²) >= 11 is 0. The SMILES string of the molecule is COc1cc(C(=O)NCc2cc(C)nn2C)ccc1OC(F)F. The number of benzene rings is 1. The van der Waals surface area contributed by atoms with Crippen LogP contribution in [0.4, 0.5) is 8.78 Å². The van der Waals surface area contributed by atoms with Crippen LogP contribution in [0.2, 0.25) is 0 Å². The molecule has 0 saturated heterocycles. The van der Waals surface area contributed by atoms with Crippen LogP contribution in [-0.2, 0) is 13.6 Å². The third-order valence-corrected chi connectivity index (χ3v) is 3.17. The van der Waals surface area contributed by atoms with Crippen molar-refractivity contribution in [1.29, 1.82) is 0 Å². The van der Waals surface area contributed by atoms with Gasteiger partial charge in [0, 0.05) is 12.6 Å². The molecule has 23 heavy (non-hydrogen) atoms. The Hall–Kier alpha value is -2.64. The fourth-order valence-electron chi connectivity index (χ4n) is 2.10. The summed E-state index contributed by atoms with van der Waals surface area (Å²) in [4.78, 5) is 12.2. The number of rotatable bonds is 6. The molecule has 0 aliphatic carbocycles. The minimum absolute atomic E-state index is 0.0642. The molecule has 2 rings (SSSR count). The highest BCUT2D eigenvalue weighted by molar-refractivity contribution is 5.94. The van der Waals surface area contributed by atoms with E-state index in [0.717, 1.165) is 11.4 Å². The number of carbonyl (C=O) groups excluding carboxylic acids is 1. The van der Waals surface area contributed by atoms with Crippen LogP contribution in [0, 0.1) is 6.92 Å². The summed E-state index contributed by atoms with van der Waals surface area (Å²) in [6.45, 7) is -0.803. The summed E-state index contributed by atoms with van der Waals surface area (Å²) in [5.74, 6) is -0.415. The van der Waals surface area contributed by atoms with Crippen LogP contribution in [0.25, 0.3) is 0 Å². The maximum Gasteiger partial charge on any atom is 0.387 e. The molecule has 0 aliphatic heterocycles. The van der Waals surface area contributed by atoms with Crippen LogP contribution < -0.4 is 14.8 Å². The first kappa shape index (κ1) is 16.7. The highest BCUT2D eigenvalue weighted by Gasteiger charge is 2.14. The smallest absolute Gasteiger partial charge is 0.387 e. The summed E-state index contributed by atoms with van der Waals surface area (Å²) in [7, 11) is 3.10. The zero-order valence-corrected chi connectivity index (χ0v) is 13.0. The number of amides is 1. The monoisotopic (exact) mass is 325 g/mol. The standard InChI is InChI=1S/C15H17F2N3O3/c1-9-6-11(20(2)19-9)8-18-14(21)10-4-5-12(23-15(16)17)13(7-10)22-3/h4-7,15H,8H2,1-3H3,(H,18,21). The molecule has 0 aliphatic rings. The molecule has 0 atom stereocenters. The number of aryl methyl sites for hydroxylation is 2. The molecule has 0 bridgehead atoms. The first-order chi connectivity index (χ1) is 10.9. The Morgan fingerprint density at radius 3 is 2.65 bits per heavy atom. The van der Waals surface area contributed by atoms with E-state index >= 15 is 0 Å². The Morgan fingerprint density at radius 2 is 2.09 bits per heavy atom. The van der Waals surface area contributed by atoms with Gasteiger partial charge < -0.3 is 14.8 Å². The van der Waals surface area contributed by atoms with Gasteiger partial charge in [0.25, 0.3) is 5.91 Å². The van der Waals surface area contributed by atoms with Crippen LogP contribution in [-0.4, -0.2) is 29.4 Å². The molecular weight excluding hydrogens is 308 g/mol. The van der Waals surface area contributed by atoms with Crippen LogP contribution in [0.1, 0.15) is 21.7 Å². The maximum atomic E-state index is 12.3.